The second-order valence-electron chi connectivity index (χ2n) is 6.76. The highest BCUT2D eigenvalue weighted by molar-refractivity contribution is 7.93. The van der Waals surface area contributed by atoms with Crippen LogP contribution >= 0.6 is 11.3 Å². The molecule has 1 aliphatic heterocycles. The van der Waals surface area contributed by atoms with Crippen molar-refractivity contribution in [2.24, 2.45) is 0 Å². The quantitative estimate of drug-likeness (QED) is 0.667. The molecule has 0 bridgehead atoms. The zero-order valence-corrected chi connectivity index (χ0v) is 17.0. The number of rotatable bonds is 5. The van der Waals surface area contributed by atoms with Crippen molar-refractivity contribution in [3.63, 3.8) is 0 Å². The molecule has 3 aromatic rings. The fourth-order valence-electron chi connectivity index (χ4n) is 3.35. The van der Waals surface area contributed by atoms with Crippen molar-refractivity contribution in [1.82, 2.24) is 5.32 Å². The van der Waals surface area contributed by atoms with Gasteiger partial charge in [-0.2, -0.15) is 0 Å². The van der Waals surface area contributed by atoms with Gasteiger partial charge < -0.3 is 5.32 Å². The fourth-order valence-corrected chi connectivity index (χ4v) is 5.72. The molecule has 29 heavy (non-hydrogen) atoms. The van der Waals surface area contributed by atoms with E-state index in [2.05, 4.69) is 5.32 Å². The van der Waals surface area contributed by atoms with E-state index in [9.17, 15) is 17.6 Å². The topological polar surface area (TPSA) is 66.5 Å². The monoisotopic (exact) mass is 430 g/mol. The number of halogens is 1. The molecule has 150 valence electrons. The number of sulfonamides is 1. The van der Waals surface area contributed by atoms with Crippen molar-refractivity contribution >= 4 is 33.0 Å². The lowest BCUT2D eigenvalue weighted by atomic mass is 10.0. The van der Waals surface area contributed by atoms with Gasteiger partial charge in [-0.05, 0) is 59.8 Å². The number of carbonyl (C=O) groups excluding carboxylic acids is 1. The van der Waals surface area contributed by atoms with Crippen LogP contribution in [0.15, 0.2) is 66.0 Å². The van der Waals surface area contributed by atoms with Crippen LogP contribution in [0.2, 0.25) is 0 Å². The van der Waals surface area contributed by atoms with Gasteiger partial charge >= 0.3 is 0 Å². The summed E-state index contributed by atoms with van der Waals surface area (Å²) in [4.78, 5) is 13.8. The highest BCUT2D eigenvalue weighted by atomic mass is 32.2. The summed E-state index contributed by atoms with van der Waals surface area (Å²) in [6.45, 7) is 0.457. The number of nitrogens with one attached hydrogen (secondary N) is 1. The molecular weight excluding hydrogens is 411 g/mol. The van der Waals surface area contributed by atoms with Crippen LogP contribution in [0.5, 0.6) is 0 Å². The number of hydrogen-bond acceptors (Lipinski definition) is 4. The van der Waals surface area contributed by atoms with E-state index in [1.807, 2.05) is 17.5 Å². The average molecular weight is 431 g/mol. The molecule has 1 aliphatic rings. The summed E-state index contributed by atoms with van der Waals surface area (Å²) in [7, 11) is -3.26. The maximum absolute atomic E-state index is 13.3. The van der Waals surface area contributed by atoms with Gasteiger partial charge in [-0.15, -0.1) is 11.3 Å². The van der Waals surface area contributed by atoms with Crippen LogP contribution in [-0.4, -0.2) is 26.6 Å². The molecular formula is C21H19FN2O3S2. The Balaban J connectivity index is 1.56. The molecule has 1 saturated heterocycles. The van der Waals surface area contributed by atoms with E-state index >= 15 is 0 Å². The molecule has 1 N–H and O–H groups in total. The predicted molar refractivity (Wildman–Crippen MR) is 112 cm³/mol. The smallest absolute Gasteiger partial charge is 0.252 e. The van der Waals surface area contributed by atoms with E-state index in [4.69, 9.17) is 0 Å². The number of amides is 1. The van der Waals surface area contributed by atoms with Crippen molar-refractivity contribution in [1.29, 1.82) is 0 Å². The molecule has 1 aromatic heterocycles. The molecule has 0 spiro atoms. The van der Waals surface area contributed by atoms with Gasteiger partial charge in [0.25, 0.3) is 5.91 Å². The molecule has 4 rings (SSSR count). The first-order valence-electron chi connectivity index (χ1n) is 9.14. The van der Waals surface area contributed by atoms with E-state index in [1.54, 1.807) is 36.4 Å². The summed E-state index contributed by atoms with van der Waals surface area (Å²) in [5.41, 5.74) is 1.77. The Bertz CT molecular complexity index is 1100. The lowest BCUT2D eigenvalue weighted by Crippen LogP contribution is -2.29. The third kappa shape index (κ3) is 4.18. The minimum Gasteiger partial charge on any atom is -0.340 e. The second kappa shape index (κ2) is 7.96. The lowest BCUT2D eigenvalue weighted by Gasteiger charge is -2.19. The van der Waals surface area contributed by atoms with Gasteiger partial charge in [0.05, 0.1) is 17.5 Å². The van der Waals surface area contributed by atoms with Crippen LogP contribution < -0.4 is 9.62 Å². The zero-order valence-electron chi connectivity index (χ0n) is 15.4. The number of carbonyl (C=O) groups is 1. The third-order valence-electron chi connectivity index (χ3n) is 4.82. The largest absolute Gasteiger partial charge is 0.340 e. The van der Waals surface area contributed by atoms with E-state index < -0.39 is 16.1 Å². The van der Waals surface area contributed by atoms with Crippen LogP contribution in [0, 0.1) is 5.82 Å². The van der Waals surface area contributed by atoms with Gasteiger partial charge in [-0.3, -0.25) is 9.10 Å². The minimum absolute atomic E-state index is 0.148. The van der Waals surface area contributed by atoms with Crippen molar-refractivity contribution in [2.45, 2.75) is 12.5 Å². The summed E-state index contributed by atoms with van der Waals surface area (Å²) in [6, 6.07) is 16.0. The standard InChI is InChI=1S/C21H19FN2O3S2/c22-17-8-4-15(5-9-17)20(19-3-1-13-28-19)23-21(25)16-6-10-18(11-7-16)24-12-2-14-29(24,26)27/h1,3-11,13,20H,2,12,14H2,(H,23,25)/t20-/m0/s1. The van der Waals surface area contributed by atoms with E-state index in [0.717, 1.165) is 10.4 Å². The Hall–Kier alpha value is -2.71. The molecule has 0 radical (unpaired) electrons. The van der Waals surface area contributed by atoms with Crippen LogP contribution in [0.25, 0.3) is 0 Å². The third-order valence-corrected chi connectivity index (χ3v) is 7.63. The molecule has 1 amide bonds. The van der Waals surface area contributed by atoms with Gasteiger partial charge in [-0.1, -0.05) is 18.2 Å². The summed E-state index contributed by atoms with van der Waals surface area (Å²) in [5.74, 6) is -0.476. The van der Waals surface area contributed by atoms with Crippen molar-refractivity contribution in [3.8, 4) is 0 Å². The van der Waals surface area contributed by atoms with Crippen molar-refractivity contribution in [2.75, 3.05) is 16.6 Å². The summed E-state index contributed by atoms with van der Waals surface area (Å²) >= 11 is 1.50. The van der Waals surface area contributed by atoms with E-state index in [-0.39, 0.29) is 17.5 Å². The van der Waals surface area contributed by atoms with Crippen LogP contribution in [0.1, 0.15) is 33.3 Å². The number of benzene rings is 2. The van der Waals surface area contributed by atoms with E-state index in [1.165, 1.54) is 27.8 Å². The van der Waals surface area contributed by atoms with Crippen LogP contribution in [0.4, 0.5) is 10.1 Å². The van der Waals surface area contributed by atoms with Gasteiger partial charge in [0.15, 0.2) is 0 Å². The number of thiophene rings is 1. The Morgan fingerprint density at radius 1 is 1.07 bits per heavy atom. The summed E-state index contributed by atoms with van der Waals surface area (Å²) < 4.78 is 38.8. The lowest BCUT2D eigenvalue weighted by molar-refractivity contribution is 0.0943. The zero-order chi connectivity index (χ0) is 20.4. The van der Waals surface area contributed by atoms with Gasteiger partial charge in [-0.25, -0.2) is 12.8 Å². The second-order valence-corrected chi connectivity index (χ2v) is 9.75. The Kier molecular flexibility index (Phi) is 5.38. The van der Waals surface area contributed by atoms with Crippen molar-refractivity contribution < 1.29 is 17.6 Å². The highest BCUT2D eigenvalue weighted by Crippen LogP contribution is 2.28. The maximum Gasteiger partial charge on any atom is 0.252 e. The Labute approximate surface area is 172 Å². The Morgan fingerprint density at radius 3 is 2.38 bits per heavy atom. The average Bonchev–Trinajstić information content (AvgIpc) is 3.36. The molecule has 0 unspecified atom stereocenters. The Morgan fingerprint density at radius 2 is 1.79 bits per heavy atom. The SMILES string of the molecule is O=C(N[C@@H](c1ccc(F)cc1)c1cccs1)c1ccc(N2CCCS2(=O)=O)cc1. The van der Waals surface area contributed by atoms with Crippen LogP contribution in [-0.2, 0) is 10.0 Å². The molecule has 2 heterocycles. The van der Waals surface area contributed by atoms with Gasteiger partial charge in [0.2, 0.25) is 10.0 Å². The first kappa shape index (κ1) is 19.6. The molecule has 5 nitrogen and oxygen atoms in total. The molecule has 0 saturated carbocycles. The normalized spacial score (nSPS) is 16.5. The van der Waals surface area contributed by atoms with E-state index in [0.29, 0.717) is 24.2 Å². The highest BCUT2D eigenvalue weighted by Gasteiger charge is 2.28. The predicted octanol–water partition coefficient (Wildman–Crippen LogP) is 3.95. The molecule has 1 atom stereocenters. The summed E-state index contributed by atoms with van der Waals surface area (Å²) in [6.07, 6.45) is 0.602. The fraction of sp³-hybridized carbons (Fsp3) is 0.190. The molecule has 8 heteroatoms. The maximum atomic E-state index is 13.3. The minimum atomic E-state index is -3.26. The number of nitrogens with zero attached hydrogens (tertiary/aromatic N) is 1. The van der Waals surface area contributed by atoms with Crippen LogP contribution in [0.3, 0.4) is 0 Å². The first-order chi connectivity index (χ1) is 13.9. The molecule has 1 fully saturated rings. The number of anilines is 1. The molecule has 2 aromatic carbocycles. The van der Waals surface area contributed by atoms with Crippen molar-refractivity contribution in [3.05, 3.63) is 87.9 Å². The molecule has 0 aliphatic carbocycles. The van der Waals surface area contributed by atoms with Gasteiger partial charge in [0, 0.05) is 17.0 Å². The number of hydrogen-bond donors (Lipinski definition) is 1. The van der Waals surface area contributed by atoms with Gasteiger partial charge in [0.1, 0.15) is 5.82 Å². The first-order valence-corrected chi connectivity index (χ1v) is 11.6. The summed E-state index contributed by atoms with van der Waals surface area (Å²) in [5, 5.41) is 4.91.